The van der Waals surface area contributed by atoms with E-state index in [4.69, 9.17) is 16.1 Å². The SMILES string of the molecule is CCc1ccc2c(c1)cc(C(=O)NC1CCN(C(C)C)CC1)n2Cc1cc(-c2ccc(Cl)s2)on1. The molecular weight excluding hydrogens is 480 g/mol. The fraction of sp³-hybridized carbons (Fsp3) is 0.407. The molecule has 0 unspecified atom stereocenters. The van der Waals surface area contributed by atoms with E-state index in [0.29, 0.717) is 28.4 Å². The fourth-order valence-electron chi connectivity index (χ4n) is 4.83. The highest BCUT2D eigenvalue weighted by Gasteiger charge is 2.25. The summed E-state index contributed by atoms with van der Waals surface area (Å²) in [5, 5.41) is 8.66. The van der Waals surface area contributed by atoms with Crippen LogP contribution in [-0.2, 0) is 13.0 Å². The summed E-state index contributed by atoms with van der Waals surface area (Å²) in [4.78, 5) is 16.9. The van der Waals surface area contributed by atoms with Gasteiger partial charge in [-0.2, -0.15) is 0 Å². The lowest BCUT2D eigenvalue weighted by molar-refractivity contribution is 0.0892. The van der Waals surface area contributed by atoms with Gasteiger partial charge in [0, 0.05) is 42.1 Å². The quantitative estimate of drug-likeness (QED) is 0.320. The van der Waals surface area contributed by atoms with Gasteiger partial charge in [-0.3, -0.25) is 4.79 Å². The van der Waals surface area contributed by atoms with Gasteiger partial charge in [-0.25, -0.2) is 0 Å². The number of nitrogens with zero attached hydrogens (tertiary/aromatic N) is 3. The molecule has 5 rings (SSSR count). The van der Waals surface area contributed by atoms with Crippen LogP contribution in [0.3, 0.4) is 0 Å². The zero-order valence-corrected chi connectivity index (χ0v) is 22.0. The van der Waals surface area contributed by atoms with E-state index in [-0.39, 0.29) is 11.9 Å². The standard InChI is InChI=1S/C27H31ClN4O2S/c1-4-18-5-6-22-19(13-18)14-23(27(33)29-20-9-11-31(12-10-20)17(2)3)32(22)16-21-15-24(34-30-21)25-7-8-26(28)35-25/h5-8,13-15,17,20H,4,9-12,16H2,1-3H3,(H,29,33). The number of fused-ring (bicyclic) bond motifs is 1. The summed E-state index contributed by atoms with van der Waals surface area (Å²) in [5.41, 5.74) is 3.69. The van der Waals surface area contributed by atoms with E-state index in [1.807, 2.05) is 24.3 Å². The van der Waals surface area contributed by atoms with Gasteiger partial charge in [0.2, 0.25) is 0 Å². The third-order valence-corrected chi connectivity index (χ3v) is 8.14. The lowest BCUT2D eigenvalue weighted by Gasteiger charge is -2.34. The monoisotopic (exact) mass is 510 g/mol. The predicted octanol–water partition coefficient (Wildman–Crippen LogP) is 6.22. The van der Waals surface area contributed by atoms with E-state index in [9.17, 15) is 4.79 Å². The Morgan fingerprint density at radius 3 is 2.69 bits per heavy atom. The van der Waals surface area contributed by atoms with Crippen molar-refractivity contribution in [3.05, 3.63) is 63.8 Å². The molecular formula is C27H31ClN4O2S. The highest BCUT2D eigenvalue weighted by atomic mass is 35.5. The summed E-state index contributed by atoms with van der Waals surface area (Å²) in [5.74, 6) is 0.653. The fourth-order valence-corrected chi connectivity index (χ4v) is 5.82. The summed E-state index contributed by atoms with van der Waals surface area (Å²) in [6.45, 7) is 9.07. The maximum absolute atomic E-state index is 13.5. The number of piperidine rings is 1. The topological polar surface area (TPSA) is 63.3 Å². The van der Waals surface area contributed by atoms with E-state index in [0.717, 1.165) is 53.8 Å². The van der Waals surface area contributed by atoms with Gasteiger partial charge in [-0.15, -0.1) is 11.3 Å². The molecule has 1 amide bonds. The number of thiophene rings is 1. The van der Waals surface area contributed by atoms with E-state index in [1.54, 1.807) is 0 Å². The second-order valence-electron chi connectivity index (χ2n) is 9.53. The number of likely N-dealkylation sites (tertiary alicyclic amines) is 1. The summed E-state index contributed by atoms with van der Waals surface area (Å²) < 4.78 is 8.36. The average molecular weight is 511 g/mol. The Hall–Kier alpha value is -2.61. The highest BCUT2D eigenvalue weighted by Crippen LogP contribution is 2.32. The molecule has 0 atom stereocenters. The zero-order valence-electron chi connectivity index (χ0n) is 20.4. The second kappa shape index (κ2) is 10.2. The summed E-state index contributed by atoms with van der Waals surface area (Å²) in [6, 6.07) is 14.9. The first-order valence-corrected chi connectivity index (χ1v) is 13.5. The molecule has 0 aliphatic carbocycles. The molecule has 8 heteroatoms. The van der Waals surface area contributed by atoms with Crippen molar-refractivity contribution >= 4 is 39.7 Å². The molecule has 184 valence electrons. The second-order valence-corrected chi connectivity index (χ2v) is 11.2. The Balaban J connectivity index is 1.41. The van der Waals surface area contributed by atoms with Crippen LogP contribution in [0.1, 0.15) is 55.4 Å². The third kappa shape index (κ3) is 5.17. The van der Waals surface area contributed by atoms with Gasteiger partial charge in [0.15, 0.2) is 5.76 Å². The van der Waals surface area contributed by atoms with Gasteiger partial charge in [0.25, 0.3) is 5.91 Å². The minimum atomic E-state index is -0.0315. The van der Waals surface area contributed by atoms with Crippen LogP contribution in [0.2, 0.25) is 4.34 Å². The number of carbonyl (C=O) groups excluding carboxylic acids is 1. The summed E-state index contributed by atoms with van der Waals surface area (Å²) >= 11 is 7.54. The van der Waals surface area contributed by atoms with Crippen LogP contribution in [0.15, 0.2) is 47.0 Å². The predicted molar refractivity (Wildman–Crippen MR) is 142 cm³/mol. The molecule has 1 N–H and O–H groups in total. The van der Waals surface area contributed by atoms with Crippen LogP contribution in [0, 0.1) is 0 Å². The number of aromatic nitrogens is 2. The number of carbonyl (C=O) groups is 1. The Bertz CT molecular complexity index is 1330. The third-order valence-electron chi connectivity index (χ3n) is 6.90. The van der Waals surface area contributed by atoms with E-state index < -0.39 is 0 Å². The van der Waals surface area contributed by atoms with Crippen LogP contribution < -0.4 is 5.32 Å². The Morgan fingerprint density at radius 1 is 1.20 bits per heavy atom. The van der Waals surface area contributed by atoms with Crippen molar-refractivity contribution < 1.29 is 9.32 Å². The molecule has 4 aromatic rings. The normalized spacial score (nSPS) is 15.3. The zero-order chi connectivity index (χ0) is 24.5. The minimum Gasteiger partial charge on any atom is -0.355 e. The summed E-state index contributed by atoms with van der Waals surface area (Å²) in [6.07, 6.45) is 2.90. The lowest BCUT2D eigenvalue weighted by Crippen LogP contribution is -2.46. The molecule has 0 spiro atoms. The minimum absolute atomic E-state index is 0.0315. The number of rotatable bonds is 7. The molecule has 35 heavy (non-hydrogen) atoms. The summed E-state index contributed by atoms with van der Waals surface area (Å²) in [7, 11) is 0. The lowest BCUT2D eigenvalue weighted by atomic mass is 10.0. The first-order chi connectivity index (χ1) is 16.9. The molecule has 6 nitrogen and oxygen atoms in total. The van der Waals surface area contributed by atoms with Crippen molar-refractivity contribution in [1.29, 1.82) is 0 Å². The maximum Gasteiger partial charge on any atom is 0.268 e. The first kappa shape index (κ1) is 24.1. The van der Waals surface area contributed by atoms with E-state index in [1.165, 1.54) is 16.9 Å². The largest absolute Gasteiger partial charge is 0.355 e. The molecule has 1 aromatic carbocycles. The van der Waals surface area contributed by atoms with Gasteiger partial charge < -0.3 is 19.3 Å². The molecule has 3 aromatic heterocycles. The van der Waals surface area contributed by atoms with E-state index in [2.05, 4.69) is 58.9 Å². The number of hydrogen-bond acceptors (Lipinski definition) is 5. The van der Waals surface area contributed by atoms with Gasteiger partial charge in [0.05, 0.1) is 15.8 Å². The first-order valence-electron chi connectivity index (χ1n) is 12.3. The smallest absolute Gasteiger partial charge is 0.268 e. The highest BCUT2D eigenvalue weighted by molar-refractivity contribution is 7.19. The molecule has 1 aliphatic rings. The number of aryl methyl sites for hydroxylation is 1. The molecule has 1 fully saturated rings. The number of amides is 1. The maximum atomic E-state index is 13.5. The molecule has 0 radical (unpaired) electrons. The van der Waals surface area contributed by atoms with Crippen molar-refractivity contribution in [1.82, 2.24) is 19.9 Å². The van der Waals surface area contributed by atoms with Gasteiger partial charge in [-0.05, 0) is 69.0 Å². The molecule has 0 bridgehead atoms. The van der Waals surface area contributed by atoms with Crippen LogP contribution in [0.25, 0.3) is 21.5 Å². The molecule has 4 heterocycles. The average Bonchev–Trinajstić information content (AvgIpc) is 3.58. The number of benzene rings is 1. The number of hydrogen-bond donors (Lipinski definition) is 1. The van der Waals surface area contributed by atoms with Crippen LogP contribution >= 0.6 is 22.9 Å². The Kier molecular flexibility index (Phi) is 7.00. The Morgan fingerprint density at radius 2 is 2.00 bits per heavy atom. The molecule has 0 saturated carbocycles. The van der Waals surface area contributed by atoms with Crippen LogP contribution in [-0.4, -0.2) is 45.7 Å². The van der Waals surface area contributed by atoms with Gasteiger partial charge in [-0.1, -0.05) is 29.7 Å². The number of halogens is 1. The van der Waals surface area contributed by atoms with Crippen molar-refractivity contribution in [3.63, 3.8) is 0 Å². The van der Waals surface area contributed by atoms with Gasteiger partial charge >= 0.3 is 0 Å². The van der Waals surface area contributed by atoms with Crippen molar-refractivity contribution in [2.45, 2.75) is 58.7 Å². The van der Waals surface area contributed by atoms with Crippen LogP contribution in [0.5, 0.6) is 0 Å². The Labute approximate surface area is 214 Å². The molecule has 1 aliphatic heterocycles. The van der Waals surface area contributed by atoms with E-state index >= 15 is 0 Å². The van der Waals surface area contributed by atoms with Crippen molar-refractivity contribution in [2.75, 3.05) is 13.1 Å². The van der Waals surface area contributed by atoms with Crippen molar-refractivity contribution in [2.24, 2.45) is 0 Å². The van der Waals surface area contributed by atoms with Gasteiger partial charge in [0.1, 0.15) is 11.4 Å². The van der Waals surface area contributed by atoms with Crippen LogP contribution in [0.4, 0.5) is 0 Å². The molecule has 1 saturated heterocycles. The van der Waals surface area contributed by atoms with Crippen molar-refractivity contribution in [3.8, 4) is 10.6 Å². The number of nitrogens with one attached hydrogen (secondary N) is 1.